The Labute approximate surface area is 93.6 Å². The molecule has 0 fully saturated rings. The molecular formula is C12H15FN2O. The number of hydrogen-bond donors (Lipinski definition) is 1. The molecule has 0 unspecified atom stereocenters. The van der Waals surface area contributed by atoms with Gasteiger partial charge >= 0.3 is 0 Å². The Morgan fingerprint density at radius 3 is 2.88 bits per heavy atom. The molecular weight excluding hydrogens is 207 g/mol. The Hall–Kier alpha value is -1.39. The van der Waals surface area contributed by atoms with E-state index in [0.717, 1.165) is 11.2 Å². The summed E-state index contributed by atoms with van der Waals surface area (Å²) in [5, 5.41) is 0.662. The Kier molecular flexibility index (Phi) is 2.94. The van der Waals surface area contributed by atoms with Gasteiger partial charge in [-0.15, -0.1) is 0 Å². The van der Waals surface area contributed by atoms with Crippen molar-refractivity contribution in [3.05, 3.63) is 35.3 Å². The Bertz CT molecular complexity index is 519. The number of nitrogens with zero attached hydrogens (tertiary/aromatic N) is 1. The average molecular weight is 222 g/mol. The maximum absolute atomic E-state index is 14.1. The highest BCUT2D eigenvalue weighted by Gasteiger charge is 2.10. The van der Waals surface area contributed by atoms with Crippen molar-refractivity contribution in [3.63, 3.8) is 0 Å². The van der Waals surface area contributed by atoms with Gasteiger partial charge in [0.05, 0.1) is 12.1 Å². The van der Waals surface area contributed by atoms with Crippen molar-refractivity contribution >= 4 is 10.9 Å². The topological polar surface area (TPSA) is 40.2 Å². The molecule has 2 N–H and O–H groups in total. The third-order valence-electron chi connectivity index (χ3n) is 2.97. The van der Waals surface area contributed by atoms with Crippen molar-refractivity contribution in [2.45, 2.75) is 13.3 Å². The summed E-state index contributed by atoms with van der Waals surface area (Å²) in [5.74, 6) is 4.77. The molecule has 1 aromatic carbocycles. The molecule has 0 atom stereocenters. The third kappa shape index (κ3) is 1.70. The monoisotopic (exact) mass is 222 g/mol. The molecule has 16 heavy (non-hydrogen) atoms. The first-order chi connectivity index (χ1) is 7.65. The van der Waals surface area contributed by atoms with Crippen LogP contribution in [0.4, 0.5) is 4.39 Å². The highest BCUT2D eigenvalue weighted by Crippen LogP contribution is 2.24. The predicted molar refractivity (Wildman–Crippen MR) is 61.5 cm³/mol. The summed E-state index contributed by atoms with van der Waals surface area (Å²) in [5.41, 5.74) is 2.59. The molecule has 0 amide bonds. The van der Waals surface area contributed by atoms with E-state index in [1.807, 2.05) is 30.7 Å². The van der Waals surface area contributed by atoms with Gasteiger partial charge in [-0.2, -0.15) is 0 Å². The Balaban J connectivity index is 2.52. The number of hydrogen-bond acceptors (Lipinski definition) is 2. The first kappa shape index (κ1) is 11.1. The van der Waals surface area contributed by atoms with E-state index in [4.69, 9.17) is 5.90 Å². The van der Waals surface area contributed by atoms with E-state index in [2.05, 4.69) is 4.84 Å². The lowest BCUT2D eigenvalue weighted by Gasteiger charge is -2.04. The second-order valence-corrected chi connectivity index (χ2v) is 3.94. The number of aromatic nitrogens is 1. The van der Waals surface area contributed by atoms with E-state index < -0.39 is 0 Å². The van der Waals surface area contributed by atoms with E-state index in [1.165, 1.54) is 0 Å². The van der Waals surface area contributed by atoms with Gasteiger partial charge < -0.3 is 9.40 Å². The zero-order valence-electron chi connectivity index (χ0n) is 9.46. The molecule has 1 aromatic heterocycles. The zero-order valence-corrected chi connectivity index (χ0v) is 9.46. The maximum atomic E-state index is 14.1. The largest absolute Gasteiger partial charge is 0.348 e. The van der Waals surface area contributed by atoms with Crippen LogP contribution >= 0.6 is 0 Å². The summed E-state index contributed by atoms with van der Waals surface area (Å²) in [6.07, 6.45) is 0.492. The van der Waals surface area contributed by atoms with E-state index in [9.17, 15) is 4.39 Å². The molecule has 0 bridgehead atoms. The number of fused-ring (bicyclic) bond motifs is 1. The summed E-state index contributed by atoms with van der Waals surface area (Å²) >= 11 is 0. The molecule has 4 heteroatoms. The number of aryl methyl sites for hydroxylation is 2. The van der Waals surface area contributed by atoms with E-state index in [0.29, 0.717) is 24.0 Å². The van der Waals surface area contributed by atoms with E-state index in [1.54, 1.807) is 6.07 Å². The van der Waals surface area contributed by atoms with Crippen LogP contribution in [0.3, 0.4) is 0 Å². The highest BCUT2D eigenvalue weighted by molar-refractivity contribution is 5.82. The average Bonchev–Trinajstić information content (AvgIpc) is 2.56. The number of nitrogens with two attached hydrogens (primary N) is 1. The number of halogens is 1. The molecule has 0 radical (unpaired) electrons. The summed E-state index contributed by atoms with van der Waals surface area (Å²) in [6, 6.07) is 5.57. The maximum Gasteiger partial charge on any atom is 0.135 e. The molecule has 0 aliphatic carbocycles. The van der Waals surface area contributed by atoms with Gasteiger partial charge in [-0.1, -0.05) is 6.07 Å². The molecule has 0 spiro atoms. The molecule has 3 nitrogen and oxygen atoms in total. The van der Waals surface area contributed by atoms with Gasteiger partial charge in [0, 0.05) is 24.5 Å². The van der Waals surface area contributed by atoms with Crippen molar-refractivity contribution in [2.24, 2.45) is 12.9 Å². The van der Waals surface area contributed by atoms with Crippen molar-refractivity contribution in [3.8, 4) is 0 Å². The van der Waals surface area contributed by atoms with Crippen molar-refractivity contribution in [1.29, 1.82) is 0 Å². The smallest absolute Gasteiger partial charge is 0.135 e. The van der Waals surface area contributed by atoms with Crippen LogP contribution in [0.2, 0.25) is 0 Å². The molecule has 2 aromatic rings. The number of benzene rings is 1. The standard InChI is InChI=1S/C12H15FN2O/c1-8-7-10-11(15(8)2)4-3-9(12(10)13)5-6-16-14/h3-4,7H,5-6,14H2,1-2H3. The van der Waals surface area contributed by atoms with Gasteiger partial charge in [0.25, 0.3) is 0 Å². The summed E-state index contributed by atoms with van der Waals surface area (Å²) in [4.78, 5) is 4.47. The minimum Gasteiger partial charge on any atom is -0.348 e. The quantitative estimate of drug-likeness (QED) is 0.807. The van der Waals surface area contributed by atoms with Crippen molar-refractivity contribution in [2.75, 3.05) is 6.61 Å². The van der Waals surface area contributed by atoms with Crippen LogP contribution in [0, 0.1) is 12.7 Å². The highest BCUT2D eigenvalue weighted by atomic mass is 19.1. The van der Waals surface area contributed by atoms with Crippen LogP contribution in [0.1, 0.15) is 11.3 Å². The van der Waals surface area contributed by atoms with Gasteiger partial charge in [-0.3, -0.25) is 0 Å². The lowest BCUT2D eigenvalue weighted by molar-refractivity contribution is 0.140. The summed E-state index contributed by atoms with van der Waals surface area (Å²) in [7, 11) is 1.93. The van der Waals surface area contributed by atoms with Crippen LogP contribution in [0.5, 0.6) is 0 Å². The van der Waals surface area contributed by atoms with Gasteiger partial charge in [0.2, 0.25) is 0 Å². The minimum absolute atomic E-state index is 0.168. The van der Waals surface area contributed by atoms with Gasteiger partial charge in [-0.25, -0.2) is 10.3 Å². The minimum atomic E-state index is -0.168. The molecule has 2 rings (SSSR count). The first-order valence-corrected chi connectivity index (χ1v) is 5.20. The zero-order chi connectivity index (χ0) is 11.7. The second-order valence-electron chi connectivity index (χ2n) is 3.94. The number of rotatable bonds is 3. The van der Waals surface area contributed by atoms with Crippen LogP contribution in [0.25, 0.3) is 10.9 Å². The second kappa shape index (κ2) is 4.23. The molecule has 0 saturated heterocycles. The molecule has 0 saturated carbocycles. The normalized spacial score (nSPS) is 11.2. The summed E-state index contributed by atoms with van der Waals surface area (Å²) in [6.45, 7) is 2.29. The fraction of sp³-hybridized carbons (Fsp3) is 0.333. The van der Waals surface area contributed by atoms with Crippen LogP contribution in [0.15, 0.2) is 18.2 Å². The Morgan fingerprint density at radius 2 is 2.19 bits per heavy atom. The van der Waals surface area contributed by atoms with Crippen molar-refractivity contribution < 1.29 is 9.23 Å². The van der Waals surface area contributed by atoms with Gasteiger partial charge in [-0.05, 0) is 24.6 Å². The molecule has 86 valence electrons. The molecule has 1 heterocycles. The van der Waals surface area contributed by atoms with Gasteiger partial charge in [0.15, 0.2) is 0 Å². The lowest BCUT2D eigenvalue weighted by atomic mass is 10.1. The van der Waals surface area contributed by atoms with Gasteiger partial charge in [0.1, 0.15) is 5.82 Å². The fourth-order valence-electron chi connectivity index (χ4n) is 1.92. The van der Waals surface area contributed by atoms with Crippen LogP contribution in [-0.4, -0.2) is 11.2 Å². The third-order valence-corrected chi connectivity index (χ3v) is 2.97. The first-order valence-electron chi connectivity index (χ1n) is 5.20. The lowest BCUT2D eigenvalue weighted by Crippen LogP contribution is -2.05. The SMILES string of the molecule is Cc1cc2c(F)c(CCON)ccc2n1C. The van der Waals surface area contributed by atoms with E-state index in [-0.39, 0.29) is 5.82 Å². The van der Waals surface area contributed by atoms with Crippen LogP contribution < -0.4 is 5.90 Å². The van der Waals surface area contributed by atoms with E-state index >= 15 is 0 Å². The molecule has 0 aliphatic rings. The fourth-order valence-corrected chi connectivity index (χ4v) is 1.92. The predicted octanol–water partition coefficient (Wildman–Crippen LogP) is 2.06. The summed E-state index contributed by atoms with van der Waals surface area (Å²) < 4.78 is 16.0. The van der Waals surface area contributed by atoms with Crippen LogP contribution in [-0.2, 0) is 18.3 Å². The molecule has 0 aliphatic heterocycles. The Morgan fingerprint density at radius 1 is 1.44 bits per heavy atom. The van der Waals surface area contributed by atoms with Crippen molar-refractivity contribution in [1.82, 2.24) is 4.57 Å².